The van der Waals surface area contributed by atoms with Crippen molar-refractivity contribution in [1.82, 2.24) is 5.32 Å². The van der Waals surface area contributed by atoms with E-state index in [1.165, 1.54) is 0 Å². The lowest BCUT2D eigenvalue weighted by Gasteiger charge is -2.27. The fourth-order valence-corrected chi connectivity index (χ4v) is 2.26. The predicted molar refractivity (Wildman–Crippen MR) is 86.5 cm³/mol. The highest BCUT2D eigenvalue weighted by atomic mass is 35.5. The Bertz CT molecular complexity index is 504. The van der Waals surface area contributed by atoms with Crippen LogP contribution in [0.1, 0.15) is 37.9 Å². The molecule has 0 spiro atoms. The van der Waals surface area contributed by atoms with Crippen molar-refractivity contribution in [3.63, 3.8) is 0 Å². The molecule has 0 amide bonds. The zero-order valence-corrected chi connectivity index (χ0v) is 13.8. The van der Waals surface area contributed by atoms with Crippen molar-refractivity contribution < 1.29 is 9.84 Å². The second-order valence-electron chi connectivity index (χ2n) is 4.56. The molecule has 1 aromatic carbocycles. The van der Waals surface area contributed by atoms with Crippen molar-refractivity contribution in [3.8, 4) is 6.07 Å². The second-order valence-corrected chi connectivity index (χ2v) is 4.96. The average Bonchev–Trinajstić information content (AvgIpc) is 2.39. The molecule has 4 N–H and O–H groups in total. The van der Waals surface area contributed by atoms with E-state index in [2.05, 4.69) is 5.32 Å². The number of aliphatic hydroxyl groups excluding tert-OH is 1. The van der Waals surface area contributed by atoms with E-state index in [1.54, 1.807) is 19.1 Å². The summed E-state index contributed by atoms with van der Waals surface area (Å²) in [5.41, 5.74) is 7.07. The summed E-state index contributed by atoms with van der Waals surface area (Å²) in [6.45, 7) is 5.95. The molecule has 0 bridgehead atoms. The van der Waals surface area contributed by atoms with Gasteiger partial charge in [-0.3, -0.25) is 5.32 Å². The van der Waals surface area contributed by atoms with Crippen LogP contribution in [-0.4, -0.2) is 24.0 Å². The summed E-state index contributed by atoms with van der Waals surface area (Å²) < 4.78 is 5.57. The number of benzene rings is 1. The summed E-state index contributed by atoms with van der Waals surface area (Å²) in [6, 6.07) is 5.07. The Balaban J connectivity index is 0.00000400. The number of nitrogens with two attached hydrogens (primary N) is 1. The van der Waals surface area contributed by atoms with Gasteiger partial charge in [-0.15, -0.1) is 12.4 Å². The number of nitriles is 1. The second kappa shape index (κ2) is 9.08. The Morgan fingerprint density at radius 3 is 2.57 bits per heavy atom. The first-order chi connectivity index (χ1) is 9.40. The molecular formula is C14H21Cl2N3O2. The minimum Gasteiger partial charge on any atom is -0.396 e. The van der Waals surface area contributed by atoms with Crippen LogP contribution in [0.2, 0.25) is 5.02 Å². The molecule has 0 radical (unpaired) electrons. The Labute approximate surface area is 136 Å². The molecular weight excluding hydrogens is 313 g/mol. The van der Waals surface area contributed by atoms with E-state index in [4.69, 9.17) is 27.3 Å². The van der Waals surface area contributed by atoms with Gasteiger partial charge < -0.3 is 15.6 Å². The van der Waals surface area contributed by atoms with Crippen LogP contribution >= 0.6 is 24.0 Å². The van der Waals surface area contributed by atoms with Crippen LogP contribution in [0, 0.1) is 11.3 Å². The first-order valence-corrected chi connectivity index (χ1v) is 6.83. The van der Waals surface area contributed by atoms with Gasteiger partial charge in [0.05, 0.1) is 28.4 Å². The molecule has 0 saturated carbocycles. The molecule has 3 unspecified atom stereocenters. The first kappa shape index (κ1) is 20.0. The third-order valence-electron chi connectivity index (χ3n) is 2.95. The van der Waals surface area contributed by atoms with Gasteiger partial charge in [0.1, 0.15) is 12.3 Å². The minimum atomic E-state index is -0.718. The zero-order valence-electron chi connectivity index (χ0n) is 12.3. The third-order valence-corrected chi connectivity index (χ3v) is 3.26. The number of hydrogen-bond donors (Lipinski definition) is 3. The highest BCUT2D eigenvalue weighted by Gasteiger charge is 2.22. The van der Waals surface area contributed by atoms with E-state index in [-0.39, 0.29) is 30.2 Å². The van der Waals surface area contributed by atoms with E-state index in [1.807, 2.05) is 19.9 Å². The van der Waals surface area contributed by atoms with Gasteiger partial charge in [-0.05, 0) is 38.5 Å². The monoisotopic (exact) mass is 333 g/mol. The molecule has 0 aliphatic rings. The normalized spacial score (nSPS) is 14.7. The minimum absolute atomic E-state index is 0. The van der Waals surface area contributed by atoms with E-state index < -0.39 is 6.23 Å². The number of ether oxygens (including phenoxy) is 1. The number of nitrogen functional groups attached to an aromatic ring is 1. The van der Waals surface area contributed by atoms with Gasteiger partial charge in [0, 0.05) is 6.61 Å². The highest BCUT2D eigenvalue weighted by Crippen LogP contribution is 2.29. The maximum atomic E-state index is 9.56. The summed E-state index contributed by atoms with van der Waals surface area (Å²) in [5, 5.41) is 22.0. The van der Waals surface area contributed by atoms with Crippen molar-refractivity contribution in [2.75, 3.05) is 12.3 Å². The smallest absolute Gasteiger partial charge is 0.102 e. The third kappa shape index (κ3) is 5.34. The predicted octanol–water partition coefficient (Wildman–Crippen LogP) is 2.61. The summed E-state index contributed by atoms with van der Waals surface area (Å²) in [7, 11) is 0. The van der Waals surface area contributed by atoms with Gasteiger partial charge in [-0.25, -0.2) is 0 Å². The molecule has 1 rings (SSSR count). The molecule has 0 saturated heterocycles. The van der Waals surface area contributed by atoms with Crippen molar-refractivity contribution >= 4 is 29.7 Å². The molecule has 0 aliphatic heterocycles. The van der Waals surface area contributed by atoms with Crippen LogP contribution in [0.5, 0.6) is 0 Å². The Morgan fingerprint density at radius 2 is 2.10 bits per heavy atom. The van der Waals surface area contributed by atoms with Crippen LogP contribution in [0.15, 0.2) is 12.1 Å². The van der Waals surface area contributed by atoms with E-state index in [0.717, 1.165) is 5.56 Å². The summed E-state index contributed by atoms with van der Waals surface area (Å²) in [4.78, 5) is 0. The number of rotatable bonds is 6. The van der Waals surface area contributed by atoms with E-state index in [9.17, 15) is 5.11 Å². The van der Waals surface area contributed by atoms with Crippen LogP contribution in [0.4, 0.5) is 5.69 Å². The molecule has 0 aliphatic carbocycles. The molecule has 0 aromatic heterocycles. The summed E-state index contributed by atoms with van der Waals surface area (Å²) in [6.07, 6.45) is -0.911. The number of nitrogens with zero attached hydrogens (tertiary/aromatic N) is 1. The SMILES string of the molecule is CCOC(C)C(NC(C)O)c1cc(Cl)c(N)c(C#N)c1.Cl. The Morgan fingerprint density at radius 1 is 1.48 bits per heavy atom. The van der Waals surface area contributed by atoms with Gasteiger partial charge in [-0.2, -0.15) is 5.26 Å². The Hall–Kier alpha value is -1.03. The summed E-state index contributed by atoms with van der Waals surface area (Å²) >= 11 is 6.05. The lowest BCUT2D eigenvalue weighted by atomic mass is 9.99. The topological polar surface area (TPSA) is 91.3 Å². The fraction of sp³-hybridized carbons (Fsp3) is 0.500. The zero-order chi connectivity index (χ0) is 15.3. The van der Waals surface area contributed by atoms with Crippen molar-refractivity contribution in [1.29, 1.82) is 5.26 Å². The van der Waals surface area contributed by atoms with Crippen molar-refractivity contribution in [2.45, 2.75) is 39.1 Å². The molecule has 3 atom stereocenters. The first-order valence-electron chi connectivity index (χ1n) is 6.45. The molecule has 5 nitrogen and oxygen atoms in total. The summed E-state index contributed by atoms with van der Waals surface area (Å²) in [5.74, 6) is 0. The van der Waals surface area contributed by atoms with E-state index in [0.29, 0.717) is 17.2 Å². The van der Waals surface area contributed by atoms with Gasteiger partial charge in [0.25, 0.3) is 0 Å². The molecule has 21 heavy (non-hydrogen) atoms. The molecule has 0 fully saturated rings. The number of nitrogens with one attached hydrogen (secondary N) is 1. The molecule has 7 heteroatoms. The molecule has 0 heterocycles. The lowest BCUT2D eigenvalue weighted by molar-refractivity contribution is 0.0253. The number of halogens is 2. The highest BCUT2D eigenvalue weighted by molar-refractivity contribution is 6.33. The Kier molecular flexibility index (Phi) is 8.64. The van der Waals surface area contributed by atoms with Gasteiger partial charge in [0.15, 0.2) is 0 Å². The van der Waals surface area contributed by atoms with Crippen molar-refractivity contribution in [2.24, 2.45) is 0 Å². The molecule has 1 aromatic rings. The lowest BCUT2D eigenvalue weighted by Crippen LogP contribution is -2.37. The maximum Gasteiger partial charge on any atom is 0.102 e. The van der Waals surface area contributed by atoms with E-state index >= 15 is 0 Å². The van der Waals surface area contributed by atoms with Crippen LogP contribution in [-0.2, 0) is 4.74 Å². The van der Waals surface area contributed by atoms with Crippen molar-refractivity contribution in [3.05, 3.63) is 28.3 Å². The van der Waals surface area contributed by atoms with Crippen LogP contribution in [0.3, 0.4) is 0 Å². The number of hydrogen-bond acceptors (Lipinski definition) is 5. The van der Waals surface area contributed by atoms with Crippen LogP contribution < -0.4 is 11.1 Å². The average molecular weight is 334 g/mol. The number of aliphatic hydroxyl groups is 1. The van der Waals surface area contributed by atoms with Crippen LogP contribution in [0.25, 0.3) is 0 Å². The van der Waals surface area contributed by atoms with Gasteiger partial charge in [0.2, 0.25) is 0 Å². The molecule has 118 valence electrons. The standard InChI is InChI=1S/C14H20ClN3O2.ClH/c1-4-20-8(2)14(18-9(3)19)10-5-11(7-16)13(17)12(15)6-10;/h5-6,8-9,14,18-19H,4,17H2,1-3H3;1H. The fourth-order valence-electron chi connectivity index (χ4n) is 2.03. The quantitative estimate of drug-likeness (QED) is 0.549. The van der Waals surface area contributed by atoms with Gasteiger partial charge >= 0.3 is 0 Å². The maximum absolute atomic E-state index is 9.56. The number of anilines is 1. The van der Waals surface area contributed by atoms with Gasteiger partial charge in [-0.1, -0.05) is 11.6 Å². The largest absolute Gasteiger partial charge is 0.396 e.